The van der Waals surface area contributed by atoms with Gasteiger partial charge in [-0.3, -0.25) is 10.1 Å². The van der Waals surface area contributed by atoms with Crippen molar-refractivity contribution < 1.29 is 4.92 Å². The molecule has 76 valence electrons. The summed E-state index contributed by atoms with van der Waals surface area (Å²) in [6.07, 6.45) is 0. The van der Waals surface area contributed by atoms with Gasteiger partial charge in [-0.15, -0.1) is 0 Å². The number of benzene rings is 1. The second kappa shape index (κ2) is 3.82. The van der Waals surface area contributed by atoms with Gasteiger partial charge in [-0.05, 0) is 37.9 Å². The lowest BCUT2D eigenvalue weighted by molar-refractivity contribution is -0.383. The average molecular weight is 333 g/mol. The first-order chi connectivity index (χ1) is 7.09. The van der Waals surface area contributed by atoms with E-state index in [0.717, 1.165) is 0 Å². The molecule has 0 saturated heterocycles. The predicted molar refractivity (Wildman–Crippen MR) is 61.6 cm³/mol. The van der Waals surface area contributed by atoms with E-state index < -0.39 is 4.92 Å². The molecule has 0 saturated carbocycles. The zero-order valence-electron chi connectivity index (χ0n) is 7.15. The molecule has 15 heavy (non-hydrogen) atoms. The second-order valence-electron chi connectivity index (χ2n) is 2.71. The minimum absolute atomic E-state index is 0.0480. The molecule has 0 aliphatic carbocycles. The Morgan fingerprint density at radius 2 is 1.87 bits per heavy atom. The topological polar surface area (TPSA) is 68.9 Å². The monoisotopic (exact) mass is 331 g/mol. The Kier molecular flexibility index (Phi) is 2.66. The molecule has 0 amide bonds. The van der Waals surface area contributed by atoms with E-state index in [-0.39, 0.29) is 11.2 Å². The van der Waals surface area contributed by atoms with Crippen molar-refractivity contribution in [1.29, 1.82) is 0 Å². The summed E-state index contributed by atoms with van der Waals surface area (Å²) in [4.78, 5) is 18.4. The molecule has 0 N–H and O–H groups in total. The largest absolute Gasteiger partial charge is 0.297 e. The Morgan fingerprint density at radius 3 is 2.53 bits per heavy atom. The van der Waals surface area contributed by atoms with Crippen LogP contribution < -0.4 is 0 Å². The molecule has 1 aromatic heterocycles. The highest BCUT2D eigenvalue weighted by Crippen LogP contribution is 2.27. The third-order valence-corrected chi connectivity index (χ3v) is 3.43. The molecule has 0 fully saturated rings. The van der Waals surface area contributed by atoms with Gasteiger partial charge in [0.15, 0.2) is 5.52 Å². The van der Waals surface area contributed by atoms with Crippen molar-refractivity contribution in [1.82, 2.24) is 9.97 Å². The third kappa shape index (κ3) is 1.84. The smallest absolute Gasteiger partial charge is 0.258 e. The van der Waals surface area contributed by atoms with Crippen molar-refractivity contribution in [2.45, 2.75) is 0 Å². The van der Waals surface area contributed by atoms with Crippen LogP contribution in [0.1, 0.15) is 0 Å². The first kappa shape index (κ1) is 10.4. The lowest BCUT2D eigenvalue weighted by Gasteiger charge is -2.00. The molecule has 2 rings (SSSR count). The number of hydrogen-bond donors (Lipinski definition) is 0. The van der Waals surface area contributed by atoms with Crippen LogP contribution in [0.3, 0.4) is 0 Å². The van der Waals surface area contributed by atoms with Gasteiger partial charge >= 0.3 is 0 Å². The van der Waals surface area contributed by atoms with Gasteiger partial charge in [-0.25, -0.2) is 9.97 Å². The Hall–Kier alpha value is -1.08. The van der Waals surface area contributed by atoms with Crippen LogP contribution in [0.15, 0.2) is 27.4 Å². The van der Waals surface area contributed by atoms with E-state index in [2.05, 4.69) is 41.8 Å². The maximum atomic E-state index is 10.7. The van der Waals surface area contributed by atoms with E-state index in [1.165, 1.54) is 6.07 Å². The molecule has 1 aromatic carbocycles. The van der Waals surface area contributed by atoms with Crippen LogP contribution in [-0.4, -0.2) is 14.9 Å². The summed E-state index contributed by atoms with van der Waals surface area (Å²) in [7, 11) is 0. The first-order valence-corrected chi connectivity index (χ1v) is 5.44. The summed E-state index contributed by atoms with van der Waals surface area (Å²) >= 11 is 6.34. The fourth-order valence-electron chi connectivity index (χ4n) is 1.17. The summed E-state index contributed by atoms with van der Waals surface area (Å²) in [6.45, 7) is 0. The molecule has 0 aliphatic heterocycles. The zero-order chi connectivity index (χ0) is 11.0. The van der Waals surface area contributed by atoms with Crippen molar-refractivity contribution in [3.8, 4) is 0 Å². The highest BCUT2D eigenvalue weighted by Gasteiger charge is 2.15. The van der Waals surface area contributed by atoms with E-state index in [4.69, 9.17) is 0 Å². The summed E-state index contributed by atoms with van der Waals surface area (Å²) in [5, 5.41) is 10.7. The maximum Gasteiger partial charge on any atom is 0.297 e. The summed E-state index contributed by atoms with van der Waals surface area (Å²) in [5.74, 6) is 0. The van der Waals surface area contributed by atoms with E-state index in [1.54, 1.807) is 12.1 Å². The van der Waals surface area contributed by atoms with Gasteiger partial charge in [0.1, 0.15) is 9.21 Å². The number of halogens is 2. The maximum absolute atomic E-state index is 10.7. The Balaban J connectivity index is 2.86. The summed E-state index contributed by atoms with van der Waals surface area (Å²) < 4.78 is 0.972. The van der Waals surface area contributed by atoms with E-state index in [9.17, 15) is 10.1 Å². The number of nitro benzene ring substituents is 1. The molecule has 5 nitrogen and oxygen atoms in total. The van der Waals surface area contributed by atoms with Gasteiger partial charge in [0.05, 0.1) is 10.4 Å². The lowest BCUT2D eigenvalue weighted by atomic mass is 10.2. The number of fused-ring (bicyclic) bond motifs is 1. The van der Waals surface area contributed by atoms with Gasteiger partial charge in [-0.1, -0.05) is 6.07 Å². The number of hydrogen-bond acceptors (Lipinski definition) is 4. The Bertz CT molecular complexity index is 559. The number of aromatic nitrogens is 2. The van der Waals surface area contributed by atoms with Gasteiger partial charge in [0, 0.05) is 6.07 Å². The van der Waals surface area contributed by atoms with Crippen LogP contribution in [0.4, 0.5) is 5.69 Å². The molecule has 1 heterocycles. The second-order valence-corrected chi connectivity index (χ2v) is 4.21. The van der Waals surface area contributed by atoms with E-state index in [1.807, 2.05) is 0 Å². The highest BCUT2D eigenvalue weighted by molar-refractivity contribution is 9.13. The summed E-state index contributed by atoms with van der Waals surface area (Å²) in [5.41, 5.74) is 0.713. The molecular formula is C8H3Br2N3O2. The molecule has 0 spiro atoms. The average Bonchev–Trinajstić information content (AvgIpc) is 2.18. The van der Waals surface area contributed by atoms with Crippen LogP contribution in [0.2, 0.25) is 0 Å². The van der Waals surface area contributed by atoms with E-state index in [0.29, 0.717) is 14.7 Å². The number of para-hydroxylation sites is 1. The standard InChI is InChI=1S/C8H3Br2N3O2/c9-7-8(10)12-6-4(11-7)2-1-3-5(6)13(14)15/h1-3H. The van der Waals surface area contributed by atoms with Crippen molar-refractivity contribution >= 4 is 48.6 Å². The fourth-order valence-corrected chi connectivity index (χ4v) is 1.71. The van der Waals surface area contributed by atoms with Crippen LogP contribution in [0.25, 0.3) is 11.0 Å². The predicted octanol–water partition coefficient (Wildman–Crippen LogP) is 3.06. The quantitative estimate of drug-likeness (QED) is 0.594. The molecule has 2 aromatic rings. The van der Waals surface area contributed by atoms with Gasteiger partial charge < -0.3 is 0 Å². The first-order valence-electron chi connectivity index (χ1n) is 3.86. The molecular weight excluding hydrogens is 330 g/mol. The normalized spacial score (nSPS) is 10.5. The van der Waals surface area contributed by atoms with Crippen LogP contribution in [-0.2, 0) is 0 Å². The highest BCUT2D eigenvalue weighted by atomic mass is 79.9. The van der Waals surface area contributed by atoms with Gasteiger partial charge in [0.25, 0.3) is 5.69 Å². The van der Waals surface area contributed by atoms with Crippen LogP contribution >= 0.6 is 31.9 Å². The lowest BCUT2D eigenvalue weighted by Crippen LogP contribution is -1.94. The van der Waals surface area contributed by atoms with Crippen LogP contribution in [0, 0.1) is 10.1 Å². The number of rotatable bonds is 1. The number of nitrogens with zero attached hydrogens (tertiary/aromatic N) is 3. The molecule has 7 heteroatoms. The Morgan fingerprint density at radius 1 is 1.20 bits per heavy atom. The van der Waals surface area contributed by atoms with Crippen molar-refractivity contribution in [2.75, 3.05) is 0 Å². The van der Waals surface area contributed by atoms with Crippen molar-refractivity contribution in [3.63, 3.8) is 0 Å². The fraction of sp³-hybridized carbons (Fsp3) is 0. The zero-order valence-corrected chi connectivity index (χ0v) is 10.3. The van der Waals surface area contributed by atoms with Crippen molar-refractivity contribution in [3.05, 3.63) is 37.5 Å². The molecule has 0 atom stereocenters. The number of nitro groups is 1. The van der Waals surface area contributed by atoms with Crippen LogP contribution in [0.5, 0.6) is 0 Å². The molecule has 0 bridgehead atoms. The van der Waals surface area contributed by atoms with E-state index >= 15 is 0 Å². The SMILES string of the molecule is O=[N+]([O-])c1cccc2nc(Br)c(Br)nc12. The van der Waals surface area contributed by atoms with Gasteiger partial charge in [0.2, 0.25) is 0 Å². The summed E-state index contributed by atoms with van der Waals surface area (Å²) in [6, 6.07) is 4.65. The molecule has 0 radical (unpaired) electrons. The van der Waals surface area contributed by atoms with Crippen molar-refractivity contribution in [2.24, 2.45) is 0 Å². The molecule has 0 unspecified atom stereocenters. The molecule has 0 aliphatic rings. The van der Waals surface area contributed by atoms with Gasteiger partial charge in [-0.2, -0.15) is 0 Å². The third-order valence-electron chi connectivity index (χ3n) is 1.79. The number of non-ortho nitro benzene ring substituents is 1. The minimum atomic E-state index is -0.475. The Labute approximate surface area is 101 Å². The minimum Gasteiger partial charge on any atom is -0.258 e.